The van der Waals surface area contributed by atoms with Gasteiger partial charge in [-0.3, -0.25) is 9.59 Å². The molecule has 0 radical (unpaired) electrons. The lowest BCUT2D eigenvalue weighted by Gasteiger charge is -2.44. The lowest BCUT2D eigenvalue weighted by molar-refractivity contribution is -0.129. The molecule has 1 aliphatic rings. The van der Waals surface area contributed by atoms with Crippen molar-refractivity contribution < 1.29 is 14.3 Å². The molecule has 1 fully saturated rings. The third-order valence-electron chi connectivity index (χ3n) is 7.31. The van der Waals surface area contributed by atoms with Crippen LogP contribution in [0.4, 0.5) is 0 Å². The van der Waals surface area contributed by atoms with Gasteiger partial charge in [0.05, 0.1) is 21.1 Å². The second-order valence-electron chi connectivity index (χ2n) is 9.85. The van der Waals surface area contributed by atoms with Gasteiger partial charge in [0.15, 0.2) is 5.78 Å². The predicted molar refractivity (Wildman–Crippen MR) is 133 cm³/mol. The number of hydrogen-bond donors (Lipinski definition) is 0. The minimum absolute atomic E-state index is 0.0236. The highest BCUT2D eigenvalue weighted by Crippen LogP contribution is 2.49. The zero-order chi connectivity index (χ0) is 23.3. The van der Waals surface area contributed by atoms with E-state index in [1.165, 1.54) is 32.1 Å². The Kier molecular flexibility index (Phi) is 7.94. The summed E-state index contributed by atoms with van der Waals surface area (Å²) >= 11 is 0. The Hall–Kier alpha value is -2.40. The fraction of sp³-hybridized carbons (Fsp3) is 0.481. The summed E-state index contributed by atoms with van der Waals surface area (Å²) in [4.78, 5) is 29.5. The number of nitrogens with zero attached hydrogens (tertiary/aromatic N) is 1. The van der Waals surface area contributed by atoms with Crippen molar-refractivity contribution in [3.8, 4) is 5.75 Å². The van der Waals surface area contributed by atoms with Crippen molar-refractivity contribution in [1.82, 2.24) is 4.90 Å². The lowest BCUT2D eigenvalue weighted by atomic mass is 9.87. The van der Waals surface area contributed by atoms with Gasteiger partial charge < -0.3 is 9.64 Å². The van der Waals surface area contributed by atoms with Crippen LogP contribution < -0.4 is 4.74 Å². The maximum absolute atomic E-state index is 14.1. The Morgan fingerprint density at radius 2 is 1.53 bits per heavy atom. The maximum Gasteiger partial charge on any atom is 0.223 e. The van der Waals surface area contributed by atoms with Gasteiger partial charge in [-0.15, -0.1) is 0 Å². The summed E-state index contributed by atoms with van der Waals surface area (Å²) in [5, 5.41) is 0. The van der Waals surface area contributed by atoms with E-state index in [-0.39, 0.29) is 17.2 Å². The van der Waals surface area contributed by atoms with E-state index in [9.17, 15) is 9.59 Å². The Morgan fingerprint density at radius 1 is 0.938 bits per heavy atom. The molecule has 1 aliphatic carbocycles. The smallest absolute Gasteiger partial charge is 0.223 e. The number of methoxy groups -OCH3 is 1. The predicted octanol–water partition coefficient (Wildman–Crippen LogP) is 6.16. The highest BCUT2D eigenvalue weighted by molar-refractivity contribution is 6.83. The molecular formula is C27H37NO3Si. The highest BCUT2D eigenvalue weighted by atomic mass is 28.3. The zero-order valence-corrected chi connectivity index (χ0v) is 21.1. The molecule has 0 bridgehead atoms. The van der Waals surface area contributed by atoms with Crippen LogP contribution >= 0.6 is 0 Å². The molecule has 2 aromatic rings. The summed E-state index contributed by atoms with van der Waals surface area (Å²) in [6.07, 6.45) is 6.09. The topological polar surface area (TPSA) is 46.6 Å². The van der Waals surface area contributed by atoms with Gasteiger partial charge in [-0.25, -0.2) is 0 Å². The van der Waals surface area contributed by atoms with Crippen LogP contribution in [0.1, 0.15) is 53.9 Å². The van der Waals surface area contributed by atoms with Crippen LogP contribution in [0.25, 0.3) is 0 Å². The second kappa shape index (κ2) is 10.5. The van der Waals surface area contributed by atoms with Gasteiger partial charge >= 0.3 is 0 Å². The monoisotopic (exact) mass is 451 g/mol. The Bertz CT molecular complexity index is 902. The second-order valence-corrected chi connectivity index (χ2v) is 14.9. The number of ether oxygens (including phenoxy) is 1. The molecule has 0 spiro atoms. The first-order valence-electron chi connectivity index (χ1n) is 11.7. The highest BCUT2D eigenvalue weighted by Gasteiger charge is 2.50. The molecule has 32 heavy (non-hydrogen) atoms. The molecule has 0 heterocycles. The molecule has 2 aromatic carbocycles. The molecule has 172 valence electrons. The minimum Gasteiger partial charge on any atom is -0.497 e. The van der Waals surface area contributed by atoms with Crippen LogP contribution in [0.15, 0.2) is 54.6 Å². The third kappa shape index (κ3) is 5.15. The van der Waals surface area contributed by atoms with E-state index in [2.05, 4.69) is 13.1 Å². The SMILES string of the molecule is COc1ccc(C(=O)[C@@H](c2ccccc2)[C@H](C(=O)N(C)C)[Si](C)(C)C2CCCCC2)cc1. The molecule has 0 aromatic heterocycles. The molecule has 5 heteroatoms. The van der Waals surface area contributed by atoms with Crippen LogP contribution in [0, 0.1) is 0 Å². The van der Waals surface area contributed by atoms with Crippen molar-refractivity contribution in [2.75, 3.05) is 21.2 Å². The molecule has 0 saturated heterocycles. The van der Waals surface area contributed by atoms with E-state index in [4.69, 9.17) is 4.74 Å². The number of rotatable bonds is 8. The Labute approximate surface area is 194 Å². The molecule has 0 N–H and O–H groups in total. The van der Waals surface area contributed by atoms with Crippen molar-refractivity contribution in [1.29, 1.82) is 0 Å². The van der Waals surface area contributed by atoms with Gasteiger partial charge in [0.2, 0.25) is 5.91 Å². The lowest BCUT2D eigenvalue weighted by Crippen LogP contribution is -2.50. The summed E-state index contributed by atoms with van der Waals surface area (Å²) in [5.74, 6) is 0.345. The average Bonchev–Trinajstić information content (AvgIpc) is 2.82. The van der Waals surface area contributed by atoms with Gasteiger partial charge in [0, 0.05) is 25.2 Å². The number of Topliss-reactive ketones (excluding diaryl/α,β-unsaturated/α-hetero) is 1. The van der Waals surface area contributed by atoms with Crippen molar-refractivity contribution >= 4 is 19.8 Å². The molecule has 0 aliphatic heterocycles. The summed E-state index contributed by atoms with van der Waals surface area (Å²) in [7, 11) is 3.10. The summed E-state index contributed by atoms with van der Waals surface area (Å²) in [5.41, 5.74) is 1.81. The number of carbonyl (C=O) groups is 2. The first kappa shape index (κ1) is 24.2. The molecule has 4 nitrogen and oxygen atoms in total. The quantitative estimate of drug-likeness (QED) is 0.356. The van der Waals surface area contributed by atoms with Crippen molar-refractivity contribution in [3.63, 3.8) is 0 Å². The number of amides is 1. The van der Waals surface area contributed by atoms with Crippen LogP contribution in [0.3, 0.4) is 0 Å². The maximum atomic E-state index is 14.1. The summed E-state index contributed by atoms with van der Waals surface area (Å²) in [6, 6.07) is 17.2. The normalized spacial score (nSPS) is 16.8. The third-order valence-corrected chi connectivity index (χ3v) is 12.2. The van der Waals surface area contributed by atoms with Gasteiger partial charge in [-0.1, -0.05) is 75.5 Å². The van der Waals surface area contributed by atoms with E-state index in [0.29, 0.717) is 11.1 Å². The standard InChI is InChI=1S/C27H37NO3Si/c1-28(2)27(30)26(32(4,5)23-14-10-7-11-15-23)24(20-12-8-6-9-13-20)25(29)21-16-18-22(31-3)19-17-21/h6,8-9,12-13,16-19,23-24,26H,7,10-11,14-15H2,1-5H3/t24-,26-/m1/s1. The van der Waals surface area contributed by atoms with Crippen molar-refractivity contribution in [2.45, 2.75) is 62.2 Å². The first-order valence-corrected chi connectivity index (χ1v) is 14.9. The minimum atomic E-state index is -2.15. The summed E-state index contributed by atoms with van der Waals surface area (Å²) in [6.45, 7) is 4.68. The molecule has 3 rings (SSSR count). The van der Waals surface area contributed by atoms with Crippen LogP contribution in [-0.2, 0) is 4.79 Å². The Balaban J connectivity index is 2.12. The molecule has 1 amide bonds. The number of hydrogen-bond acceptors (Lipinski definition) is 3. The van der Waals surface area contributed by atoms with E-state index >= 15 is 0 Å². The number of benzene rings is 2. The van der Waals surface area contributed by atoms with Crippen LogP contribution in [-0.4, -0.2) is 45.9 Å². The zero-order valence-electron chi connectivity index (χ0n) is 20.1. The molecular weight excluding hydrogens is 414 g/mol. The van der Waals surface area contributed by atoms with Crippen molar-refractivity contribution in [3.05, 3.63) is 65.7 Å². The van der Waals surface area contributed by atoms with Gasteiger partial charge in [0.1, 0.15) is 5.75 Å². The van der Waals surface area contributed by atoms with Crippen molar-refractivity contribution in [2.24, 2.45) is 0 Å². The number of carbonyl (C=O) groups excluding carboxylic acids is 2. The van der Waals surface area contributed by atoms with Gasteiger partial charge in [-0.05, 0) is 35.4 Å². The van der Waals surface area contributed by atoms with E-state index in [0.717, 1.165) is 11.3 Å². The summed E-state index contributed by atoms with van der Waals surface area (Å²) < 4.78 is 5.28. The number of ketones is 1. The molecule has 0 unspecified atom stereocenters. The average molecular weight is 452 g/mol. The first-order chi connectivity index (χ1) is 15.3. The van der Waals surface area contributed by atoms with Gasteiger partial charge in [0.25, 0.3) is 0 Å². The van der Waals surface area contributed by atoms with E-state index in [1.54, 1.807) is 12.0 Å². The fourth-order valence-electron chi connectivity index (χ4n) is 5.36. The molecule has 1 saturated carbocycles. The van der Waals surface area contributed by atoms with Crippen LogP contribution in [0.5, 0.6) is 5.75 Å². The van der Waals surface area contributed by atoms with E-state index in [1.807, 2.05) is 68.7 Å². The van der Waals surface area contributed by atoms with Crippen LogP contribution in [0.2, 0.25) is 24.2 Å². The van der Waals surface area contributed by atoms with E-state index < -0.39 is 14.0 Å². The largest absolute Gasteiger partial charge is 0.497 e. The van der Waals surface area contributed by atoms with Gasteiger partial charge in [-0.2, -0.15) is 0 Å². The Morgan fingerprint density at radius 3 is 2.06 bits per heavy atom. The fourth-order valence-corrected chi connectivity index (χ4v) is 9.86. The molecule has 2 atom stereocenters.